The molecule has 84 valence electrons. The molecule has 0 saturated heterocycles. The fourth-order valence-corrected chi connectivity index (χ4v) is 2.73. The van der Waals surface area contributed by atoms with Gasteiger partial charge in [-0.25, -0.2) is 0 Å². The third kappa shape index (κ3) is 1.53. The second-order valence-corrected chi connectivity index (χ2v) is 5.06. The molecule has 0 radical (unpaired) electrons. The summed E-state index contributed by atoms with van der Waals surface area (Å²) in [7, 11) is 0. The number of pyridine rings is 1. The van der Waals surface area contributed by atoms with Gasteiger partial charge in [0.05, 0.1) is 0 Å². The van der Waals surface area contributed by atoms with Crippen molar-refractivity contribution < 1.29 is 4.79 Å². The van der Waals surface area contributed by atoms with E-state index in [-0.39, 0.29) is 0 Å². The Balaban J connectivity index is 2.44. The second kappa shape index (κ2) is 3.60. The second-order valence-electron chi connectivity index (χ2n) is 3.85. The molecular formula is C12H10AsN3O. The van der Waals surface area contributed by atoms with Gasteiger partial charge < -0.3 is 0 Å². The van der Waals surface area contributed by atoms with Crippen LogP contribution in [0.25, 0.3) is 22.3 Å². The van der Waals surface area contributed by atoms with Crippen LogP contribution in [0.1, 0.15) is 10.4 Å². The molecule has 2 heterocycles. The van der Waals surface area contributed by atoms with E-state index in [2.05, 4.69) is 9.97 Å². The van der Waals surface area contributed by atoms with Gasteiger partial charge in [-0.1, -0.05) is 0 Å². The molecule has 3 N–H and O–H groups in total. The average molecular weight is 287 g/mol. The van der Waals surface area contributed by atoms with Crippen molar-refractivity contribution in [2.24, 2.45) is 5.73 Å². The molecular weight excluding hydrogens is 277 g/mol. The van der Waals surface area contributed by atoms with Gasteiger partial charge in [0.2, 0.25) is 0 Å². The molecule has 1 atom stereocenters. The minimum atomic E-state index is -0.409. The molecule has 1 amide bonds. The summed E-state index contributed by atoms with van der Waals surface area (Å²) in [5.41, 5.74) is 7.75. The molecule has 0 saturated carbocycles. The number of amides is 1. The average Bonchev–Trinajstić information content (AvgIpc) is 2.64. The summed E-state index contributed by atoms with van der Waals surface area (Å²) in [5.74, 6) is 0.392. The Bertz CT molecular complexity index is 704. The van der Waals surface area contributed by atoms with Crippen molar-refractivity contribution in [1.29, 1.82) is 0 Å². The SMILES string of the molecule is NC(=O)c1cc2c3ccccc3nc-2[nH]c1[AsH2]. The van der Waals surface area contributed by atoms with Gasteiger partial charge >= 0.3 is 106 Å². The standard InChI is InChI=1S/C12H10AsN3O/c13-10-8(11(14)17)5-7-6-3-1-2-4-9(6)15-12(7)16-10/h1-5H,13H2,(H2,14,17)(H,15,16). The number of nitrogens with one attached hydrogen (secondary N) is 1. The number of primary amides is 1. The molecule has 1 unspecified atom stereocenters. The zero-order valence-electron chi connectivity index (χ0n) is 8.90. The number of rotatable bonds is 1. The van der Waals surface area contributed by atoms with Crippen molar-refractivity contribution in [3.63, 3.8) is 0 Å². The molecule has 0 aliphatic carbocycles. The Labute approximate surface area is 106 Å². The number of carbonyl (C=O) groups is 1. The number of hydrogen-bond acceptors (Lipinski definition) is 2. The first-order valence-electron chi connectivity index (χ1n) is 5.13. The van der Waals surface area contributed by atoms with E-state index in [9.17, 15) is 4.79 Å². The summed E-state index contributed by atoms with van der Waals surface area (Å²) in [6.07, 6.45) is 0. The van der Waals surface area contributed by atoms with Crippen LogP contribution in [0.3, 0.4) is 0 Å². The fourth-order valence-electron chi connectivity index (χ4n) is 1.97. The van der Waals surface area contributed by atoms with E-state index in [1.807, 2.05) is 30.3 Å². The summed E-state index contributed by atoms with van der Waals surface area (Å²) in [6.45, 7) is 0. The molecule has 2 aliphatic heterocycles. The number of nitrogens with two attached hydrogens (primary N) is 1. The normalized spacial score (nSPS) is 11.1. The van der Waals surface area contributed by atoms with E-state index in [1.54, 1.807) is 0 Å². The minimum absolute atomic E-state index is 0.409. The van der Waals surface area contributed by atoms with Gasteiger partial charge in [0.15, 0.2) is 0 Å². The Morgan fingerprint density at radius 1 is 1.35 bits per heavy atom. The number of aromatic amines is 1. The van der Waals surface area contributed by atoms with Crippen molar-refractivity contribution in [3.8, 4) is 11.4 Å². The van der Waals surface area contributed by atoms with Crippen LogP contribution in [0.5, 0.6) is 0 Å². The Morgan fingerprint density at radius 2 is 2.12 bits per heavy atom. The fraction of sp³-hybridized carbons (Fsp3) is 0. The molecule has 1 aromatic carbocycles. The molecule has 0 fully saturated rings. The summed E-state index contributed by atoms with van der Waals surface area (Å²) in [4.78, 5) is 18.9. The third-order valence-electron chi connectivity index (χ3n) is 2.78. The quantitative estimate of drug-likeness (QED) is 0.620. The number of hydrogen-bond donors (Lipinski definition) is 2. The van der Waals surface area contributed by atoms with E-state index in [4.69, 9.17) is 5.73 Å². The first-order valence-corrected chi connectivity index (χ1v) is 6.34. The van der Waals surface area contributed by atoms with Gasteiger partial charge in [0.1, 0.15) is 0 Å². The number of para-hydroxylation sites is 1. The molecule has 5 heteroatoms. The van der Waals surface area contributed by atoms with Crippen LogP contribution in [-0.4, -0.2) is 32.7 Å². The van der Waals surface area contributed by atoms with E-state index in [0.29, 0.717) is 5.56 Å². The molecule has 0 bridgehead atoms. The topological polar surface area (TPSA) is 71.8 Å². The Morgan fingerprint density at radius 3 is 2.88 bits per heavy atom. The molecule has 17 heavy (non-hydrogen) atoms. The van der Waals surface area contributed by atoms with Gasteiger partial charge in [0, 0.05) is 0 Å². The molecule has 4 nitrogen and oxygen atoms in total. The van der Waals surface area contributed by atoms with Crippen molar-refractivity contribution in [3.05, 3.63) is 35.9 Å². The van der Waals surface area contributed by atoms with Crippen molar-refractivity contribution in [2.75, 3.05) is 0 Å². The number of H-pyrrole nitrogens is 1. The van der Waals surface area contributed by atoms with Crippen molar-refractivity contribution in [1.82, 2.24) is 9.97 Å². The van der Waals surface area contributed by atoms with Gasteiger partial charge in [-0.15, -0.1) is 0 Å². The first kappa shape index (κ1) is 10.4. The van der Waals surface area contributed by atoms with Crippen LogP contribution in [0, 0.1) is 0 Å². The number of carbonyl (C=O) groups excluding carboxylic acids is 1. The third-order valence-corrected chi connectivity index (χ3v) is 3.73. The number of aromatic nitrogens is 2. The number of benzene rings is 1. The van der Waals surface area contributed by atoms with E-state index < -0.39 is 5.91 Å². The van der Waals surface area contributed by atoms with Crippen molar-refractivity contribution in [2.45, 2.75) is 0 Å². The van der Waals surface area contributed by atoms with Gasteiger partial charge in [-0.2, -0.15) is 0 Å². The molecule has 0 aromatic heterocycles. The Kier molecular flexibility index (Phi) is 2.20. The zero-order chi connectivity index (χ0) is 12.0. The molecule has 1 aromatic rings. The van der Waals surface area contributed by atoms with Gasteiger partial charge in [-0.05, 0) is 0 Å². The Hall–Kier alpha value is -1.80. The summed E-state index contributed by atoms with van der Waals surface area (Å²) >= 11 is 1.33. The van der Waals surface area contributed by atoms with Crippen LogP contribution >= 0.6 is 0 Å². The van der Waals surface area contributed by atoms with Crippen LogP contribution in [0.4, 0.5) is 0 Å². The maximum absolute atomic E-state index is 11.3. The van der Waals surface area contributed by atoms with Crippen LogP contribution in [-0.2, 0) is 0 Å². The predicted octanol–water partition coefficient (Wildman–Crippen LogP) is 0.0250. The van der Waals surface area contributed by atoms with E-state index >= 15 is 0 Å². The summed E-state index contributed by atoms with van der Waals surface area (Å²) in [6, 6.07) is 9.66. The maximum atomic E-state index is 11.3. The van der Waals surface area contributed by atoms with E-state index in [0.717, 1.165) is 26.8 Å². The molecule has 3 rings (SSSR count). The predicted molar refractivity (Wildman–Crippen MR) is 69.4 cm³/mol. The summed E-state index contributed by atoms with van der Waals surface area (Å²) < 4.78 is 0.806. The summed E-state index contributed by atoms with van der Waals surface area (Å²) in [5, 5.41) is 1.04. The molecule has 2 aliphatic rings. The van der Waals surface area contributed by atoms with Gasteiger partial charge in [0.25, 0.3) is 0 Å². The number of nitrogens with zero attached hydrogens (tertiary/aromatic N) is 1. The van der Waals surface area contributed by atoms with E-state index in [1.165, 1.54) is 16.9 Å². The molecule has 0 spiro atoms. The van der Waals surface area contributed by atoms with Gasteiger partial charge in [-0.3, -0.25) is 0 Å². The van der Waals surface area contributed by atoms with Crippen LogP contribution < -0.4 is 10.2 Å². The first-order chi connectivity index (χ1) is 8.16. The number of fused-ring (bicyclic) bond motifs is 3. The van der Waals surface area contributed by atoms with Crippen LogP contribution in [0.15, 0.2) is 30.3 Å². The van der Waals surface area contributed by atoms with Crippen LogP contribution in [0.2, 0.25) is 0 Å². The van der Waals surface area contributed by atoms with Crippen molar-refractivity contribution >= 4 is 38.1 Å². The monoisotopic (exact) mass is 287 g/mol. The zero-order valence-corrected chi connectivity index (χ0v) is 11.3.